The van der Waals surface area contributed by atoms with Crippen molar-refractivity contribution in [3.8, 4) is 5.75 Å². The number of aromatic nitrogens is 1. The lowest BCUT2D eigenvalue weighted by atomic mass is 10.1. The first-order chi connectivity index (χ1) is 11.6. The van der Waals surface area contributed by atoms with Crippen molar-refractivity contribution in [3.63, 3.8) is 0 Å². The Morgan fingerprint density at radius 1 is 1.12 bits per heavy atom. The van der Waals surface area contributed by atoms with Crippen molar-refractivity contribution >= 4 is 17.5 Å². The van der Waals surface area contributed by atoms with Crippen molar-refractivity contribution in [2.75, 3.05) is 19.0 Å². The summed E-state index contributed by atoms with van der Waals surface area (Å²) in [4.78, 5) is 28.3. The quantitative estimate of drug-likeness (QED) is 0.766. The zero-order chi connectivity index (χ0) is 17.4. The molecular formula is C18H21N3O3. The molecule has 2 aromatic rings. The van der Waals surface area contributed by atoms with Crippen molar-refractivity contribution in [3.05, 3.63) is 53.9 Å². The molecule has 2 rings (SSSR count). The number of carbonyl (C=O) groups excluding carboxylic acids is 2. The molecule has 2 N–H and O–H groups in total. The lowest BCUT2D eigenvalue weighted by Crippen LogP contribution is -2.25. The monoisotopic (exact) mass is 327 g/mol. The second kappa shape index (κ2) is 8.67. The predicted molar refractivity (Wildman–Crippen MR) is 92.4 cm³/mol. The summed E-state index contributed by atoms with van der Waals surface area (Å²) in [6, 6.07) is 8.58. The van der Waals surface area contributed by atoms with Gasteiger partial charge in [-0.25, -0.2) is 0 Å². The molecule has 0 aliphatic carbocycles. The maximum Gasteiger partial charge on any atom is 0.257 e. The molecule has 0 bridgehead atoms. The van der Waals surface area contributed by atoms with Gasteiger partial charge in [-0.2, -0.15) is 0 Å². The van der Waals surface area contributed by atoms with Gasteiger partial charge in [-0.15, -0.1) is 0 Å². The Hall–Kier alpha value is -2.89. The molecule has 0 atom stereocenters. The number of pyridine rings is 1. The molecule has 0 aliphatic heterocycles. The molecule has 0 spiro atoms. The van der Waals surface area contributed by atoms with Crippen LogP contribution in [0.15, 0.2) is 42.7 Å². The zero-order valence-electron chi connectivity index (χ0n) is 13.8. The van der Waals surface area contributed by atoms with Crippen molar-refractivity contribution < 1.29 is 14.3 Å². The fourth-order valence-electron chi connectivity index (χ4n) is 2.07. The number of ether oxygens (including phenoxy) is 1. The van der Waals surface area contributed by atoms with Crippen LogP contribution in [0.2, 0.25) is 0 Å². The SMILES string of the molecule is CCCCNC(=O)c1cncc(C(=O)Nc2cccc(OC)c2)c1. The van der Waals surface area contributed by atoms with Crippen LogP contribution in [0.5, 0.6) is 5.75 Å². The fourth-order valence-corrected chi connectivity index (χ4v) is 2.07. The number of unbranched alkanes of at least 4 members (excludes halogenated alkanes) is 1. The van der Waals surface area contributed by atoms with Gasteiger partial charge in [0.2, 0.25) is 0 Å². The molecule has 6 nitrogen and oxygen atoms in total. The smallest absolute Gasteiger partial charge is 0.257 e. The van der Waals surface area contributed by atoms with E-state index in [1.54, 1.807) is 31.4 Å². The first-order valence-corrected chi connectivity index (χ1v) is 7.82. The Balaban J connectivity index is 2.06. The van der Waals surface area contributed by atoms with E-state index in [9.17, 15) is 9.59 Å². The third kappa shape index (κ3) is 4.81. The molecule has 0 saturated heterocycles. The fraction of sp³-hybridized carbons (Fsp3) is 0.278. The van der Waals surface area contributed by atoms with E-state index < -0.39 is 0 Å². The molecule has 2 amide bonds. The number of benzene rings is 1. The lowest BCUT2D eigenvalue weighted by Gasteiger charge is -2.08. The minimum Gasteiger partial charge on any atom is -0.497 e. The summed E-state index contributed by atoms with van der Waals surface area (Å²) in [6.07, 6.45) is 4.79. The van der Waals surface area contributed by atoms with Crippen LogP contribution in [0.3, 0.4) is 0 Å². The minimum absolute atomic E-state index is 0.230. The average molecular weight is 327 g/mol. The van der Waals surface area contributed by atoms with Crippen LogP contribution < -0.4 is 15.4 Å². The second-order valence-corrected chi connectivity index (χ2v) is 5.26. The van der Waals surface area contributed by atoms with Gasteiger partial charge in [0.05, 0.1) is 18.2 Å². The summed E-state index contributed by atoms with van der Waals surface area (Å²) >= 11 is 0. The Kier molecular flexibility index (Phi) is 6.31. The van der Waals surface area contributed by atoms with Gasteiger partial charge in [0, 0.05) is 30.7 Å². The number of hydrogen-bond donors (Lipinski definition) is 2. The first kappa shape index (κ1) is 17.5. The summed E-state index contributed by atoms with van der Waals surface area (Å²) < 4.78 is 5.12. The minimum atomic E-state index is -0.334. The van der Waals surface area contributed by atoms with Crippen LogP contribution in [0.1, 0.15) is 40.5 Å². The number of hydrogen-bond acceptors (Lipinski definition) is 4. The van der Waals surface area contributed by atoms with E-state index in [2.05, 4.69) is 22.5 Å². The summed E-state index contributed by atoms with van der Waals surface area (Å²) in [7, 11) is 1.56. The first-order valence-electron chi connectivity index (χ1n) is 7.82. The van der Waals surface area contributed by atoms with Crippen LogP contribution in [-0.4, -0.2) is 30.5 Å². The molecule has 126 valence electrons. The molecule has 0 fully saturated rings. The van der Waals surface area contributed by atoms with Crippen molar-refractivity contribution in [2.45, 2.75) is 19.8 Å². The maximum atomic E-state index is 12.3. The highest BCUT2D eigenvalue weighted by Gasteiger charge is 2.11. The summed E-state index contributed by atoms with van der Waals surface area (Å²) in [6.45, 7) is 2.66. The van der Waals surface area contributed by atoms with Gasteiger partial charge in [0.1, 0.15) is 5.75 Å². The Labute approximate surface area is 141 Å². The highest BCUT2D eigenvalue weighted by Crippen LogP contribution is 2.17. The maximum absolute atomic E-state index is 12.3. The predicted octanol–water partition coefficient (Wildman–Crippen LogP) is 2.87. The van der Waals surface area contributed by atoms with Gasteiger partial charge in [0.15, 0.2) is 0 Å². The topological polar surface area (TPSA) is 80.3 Å². The molecule has 0 radical (unpaired) electrons. The molecule has 1 aromatic heterocycles. The molecule has 6 heteroatoms. The van der Waals surface area contributed by atoms with Gasteiger partial charge < -0.3 is 15.4 Å². The number of carbonyl (C=O) groups is 2. The van der Waals surface area contributed by atoms with E-state index in [1.807, 2.05) is 0 Å². The number of nitrogens with zero attached hydrogens (tertiary/aromatic N) is 1. The third-order valence-corrected chi connectivity index (χ3v) is 3.41. The largest absolute Gasteiger partial charge is 0.497 e. The molecule has 0 unspecified atom stereocenters. The van der Waals surface area contributed by atoms with E-state index in [1.165, 1.54) is 18.5 Å². The Morgan fingerprint density at radius 3 is 2.58 bits per heavy atom. The highest BCUT2D eigenvalue weighted by atomic mass is 16.5. The van der Waals surface area contributed by atoms with Gasteiger partial charge in [0.25, 0.3) is 11.8 Å². The number of methoxy groups -OCH3 is 1. The molecule has 1 aromatic carbocycles. The molecule has 0 aliphatic rings. The van der Waals surface area contributed by atoms with Gasteiger partial charge in [-0.1, -0.05) is 19.4 Å². The van der Waals surface area contributed by atoms with Crippen molar-refractivity contribution in [1.82, 2.24) is 10.3 Å². The van der Waals surface area contributed by atoms with Crippen LogP contribution in [0.25, 0.3) is 0 Å². The zero-order valence-corrected chi connectivity index (χ0v) is 13.8. The van der Waals surface area contributed by atoms with Crippen molar-refractivity contribution in [1.29, 1.82) is 0 Å². The Morgan fingerprint density at radius 2 is 1.88 bits per heavy atom. The van der Waals surface area contributed by atoms with Crippen LogP contribution >= 0.6 is 0 Å². The van der Waals surface area contributed by atoms with E-state index in [0.717, 1.165) is 12.8 Å². The lowest BCUT2D eigenvalue weighted by molar-refractivity contribution is 0.0953. The molecule has 0 saturated carbocycles. The van der Waals surface area contributed by atoms with Crippen molar-refractivity contribution in [2.24, 2.45) is 0 Å². The van der Waals surface area contributed by atoms with E-state index in [0.29, 0.717) is 29.1 Å². The summed E-state index contributed by atoms with van der Waals surface area (Å²) in [5.74, 6) is 0.0842. The van der Waals surface area contributed by atoms with Crippen LogP contribution in [0.4, 0.5) is 5.69 Å². The normalized spacial score (nSPS) is 10.1. The van der Waals surface area contributed by atoms with E-state index >= 15 is 0 Å². The average Bonchev–Trinajstić information content (AvgIpc) is 2.62. The van der Waals surface area contributed by atoms with Crippen LogP contribution in [0, 0.1) is 0 Å². The number of rotatable bonds is 7. The standard InChI is InChI=1S/C18H21N3O3/c1-3-4-8-20-17(22)13-9-14(12-19-11-13)18(23)21-15-6-5-7-16(10-15)24-2/h5-7,9-12H,3-4,8H2,1-2H3,(H,20,22)(H,21,23). The number of amides is 2. The van der Waals surface area contributed by atoms with Gasteiger partial charge in [-0.3, -0.25) is 14.6 Å². The van der Waals surface area contributed by atoms with Gasteiger partial charge in [-0.05, 0) is 24.6 Å². The van der Waals surface area contributed by atoms with E-state index in [-0.39, 0.29) is 11.8 Å². The summed E-state index contributed by atoms with van der Waals surface area (Å²) in [5, 5.41) is 5.56. The molecule has 1 heterocycles. The number of anilines is 1. The summed E-state index contributed by atoms with van der Waals surface area (Å²) in [5.41, 5.74) is 1.29. The highest BCUT2D eigenvalue weighted by molar-refractivity contribution is 6.05. The van der Waals surface area contributed by atoms with E-state index in [4.69, 9.17) is 4.74 Å². The second-order valence-electron chi connectivity index (χ2n) is 5.26. The van der Waals surface area contributed by atoms with Crippen LogP contribution in [-0.2, 0) is 0 Å². The molecular weight excluding hydrogens is 306 g/mol. The number of nitrogens with one attached hydrogen (secondary N) is 2. The molecule has 24 heavy (non-hydrogen) atoms. The Bertz CT molecular complexity index is 716. The third-order valence-electron chi connectivity index (χ3n) is 3.41. The van der Waals surface area contributed by atoms with Gasteiger partial charge >= 0.3 is 0 Å².